The molecule has 0 radical (unpaired) electrons. The fourth-order valence-corrected chi connectivity index (χ4v) is 0.304. The molecule has 0 rings (SSSR count). The molecule has 78 valence electrons. The zero-order chi connectivity index (χ0) is 10.7. The molecule has 0 fully saturated rings. The van der Waals surface area contributed by atoms with E-state index in [-0.39, 0.29) is 12.4 Å². The Labute approximate surface area is 77.6 Å². The molecule has 0 aliphatic rings. The summed E-state index contributed by atoms with van der Waals surface area (Å²) in [6, 6.07) is 0. The quantitative estimate of drug-likeness (QED) is 0.523. The van der Waals surface area contributed by atoms with E-state index in [1.165, 1.54) is 14.0 Å². The molecule has 0 spiro atoms. The summed E-state index contributed by atoms with van der Waals surface area (Å²) in [7, 11) is 1.35. The normalized spacial score (nSPS) is 8.23. The van der Waals surface area contributed by atoms with Crippen LogP contribution in [0.4, 0.5) is 0 Å². The lowest BCUT2D eigenvalue weighted by Gasteiger charge is -1.93. The summed E-state index contributed by atoms with van der Waals surface area (Å²) in [5.74, 6) is -1.05. The van der Waals surface area contributed by atoms with Crippen LogP contribution in [-0.4, -0.2) is 37.4 Å². The lowest BCUT2D eigenvalue weighted by molar-refractivity contribution is -0.139. The Morgan fingerprint density at radius 2 is 1.85 bits per heavy atom. The van der Waals surface area contributed by atoms with Gasteiger partial charge in [-0.25, -0.2) is 0 Å². The molecule has 0 aliphatic carbocycles. The van der Waals surface area contributed by atoms with Crippen LogP contribution in [0.15, 0.2) is 0 Å². The van der Waals surface area contributed by atoms with Crippen molar-refractivity contribution in [1.82, 2.24) is 0 Å². The second kappa shape index (κ2) is 10.9. The van der Waals surface area contributed by atoms with Gasteiger partial charge in [0.25, 0.3) is 0 Å². The van der Waals surface area contributed by atoms with Crippen molar-refractivity contribution in [2.45, 2.75) is 20.3 Å². The number of hydrogen-bond acceptors (Lipinski definition) is 4. The lowest BCUT2D eigenvalue weighted by Crippen LogP contribution is -2.01. The Morgan fingerprint density at radius 3 is 2.08 bits per heavy atom. The molecule has 13 heavy (non-hydrogen) atoms. The van der Waals surface area contributed by atoms with Crippen molar-refractivity contribution in [2.75, 3.05) is 20.3 Å². The summed E-state index contributed by atoms with van der Waals surface area (Å²) in [5, 5.41) is 8.06. The van der Waals surface area contributed by atoms with E-state index in [1.54, 1.807) is 0 Å². The van der Waals surface area contributed by atoms with Gasteiger partial charge in [0, 0.05) is 13.5 Å². The van der Waals surface area contributed by atoms with E-state index in [1.807, 2.05) is 6.92 Å². The van der Waals surface area contributed by atoms with Crippen LogP contribution in [0.1, 0.15) is 20.3 Å². The van der Waals surface area contributed by atoms with Gasteiger partial charge in [-0.15, -0.1) is 0 Å². The fourth-order valence-electron chi connectivity index (χ4n) is 0.304. The minimum absolute atomic E-state index is 0.105. The maximum Gasteiger partial charge on any atom is 0.305 e. The van der Waals surface area contributed by atoms with Crippen LogP contribution in [0.5, 0.6) is 0 Å². The van der Waals surface area contributed by atoms with Crippen LogP contribution in [0.2, 0.25) is 0 Å². The second-order valence-electron chi connectivity index (χ2n) is 2.04. The number of hydrogen-bond donors (Lipinski definition) is 1. The third-order valence-electron chi connectivity index (χ3n) is 0.952. The van der Waals surface area contributed by atoms with Gasteiger partial charge in [-0.05, 0) is 6.92 Å². The first-order chi connectivity index (χ1) is 6.04. The number of rotatable bonds is 4. The van der Waals surface area contributed by atoms with E-state index in [0.29, 0.717) is 13.2 Å². The van der Waals surface area contributed by atoms with Gasteiger partial charge in [0.15, 0.2) is 0 Å². The number of carbonyl (C=O) groups excluding carboxylic acids is 1. The predicted molar refractivity (Wildman–Crippen MR) is 46.4 cm³/mol. The summed E-state index contributed by atoms with van der Waals surface area (Å²) in [6.45, 7) is 4.11. The van der Waals surface area contributed by atoms with E-state index in [2.05, 4.69) is 4.74 Å². The number of carboxylic acid groups (broad SMARTS) is 1. The van der Waals surface area contributed by atoms with Gasteiger partial charge in [-0.2, -0.15) is 0 Å². The van der Waals surface area contributed by atoms with Crippen molar-refractivity contribution >= 4 is 11.9 Å². The first kappa shape index (κ1) is 14.4. The number of ether oxygens (including phenoxy) is 2. The molecule has 0 heterocycles. The smallest absolute Gasteiger partial charge is 0.305 e. The SMILES string of the molecule is CCOCCC(=O)O.COC(C)=O. The molecule has 0 aromatic rings. The van der Waals surface area contributed by atoms with E-state index < -0.39 is 5.97 Å². The maximum atomic E-state index is 9.79. The summed E-state index contributed by atoms with van der Waals surface area (Å²) in [4.78, 5) is 19.4. The van der Waals surface area contributed by atoms with Crippen LogP contribution in [0.3, 0.4) is 0 Å². The van der Waals surface area contributed by atoms with E-state index in [0.717, 1.165) is 0 Å². The Morgan fingerprint density at radius 1 is 1.38 bits per heavy atom. The molecule has 5 nitrogen and oxygen atoms in total. The Balaban J connectivity index is 0. The molecule has 0 saturated heterocycles. The van der Waals surface area contributed by atoms with Gasteiger partial charge in [0.05, 0.1) is 20.1 Å². The van der Waals surface area contributed by atoms with Gasteiger partial charge in [0.2, 0.25) is 0 Å². The van der Waals surface area contributed by atoms with Crippen molar-refractivity contribution in [3.05, 3.63) is 0 Å². The highest BCUT2D eigenvalue weighted by Gasteiger charge is 1.92. The van der Waals surface area contributed by atoms with E-state index >= 15 is 0 Å². The van der Waals surface area contributed by atoms with Gasteiger partial charge in [-0.1, -0.05) is 0 Å². The monoisotopic (exact) mass is 192 g/mol. The molecule has 0 bridgehead atoms. The van der Waals surface area contributed by atoms with Crippen LogP contribution in [-0.2, 0) is 19.1 Å². The second-order valence-corrected chi connectivity index (χ2v) is 2.04. The summed E-state index contributed by atoms with van der Waals surface area (Å²) in [5.41, 5.74) is 0. The molecule has 0 aromatic carbocycles. The molecule has 5 heteroatoms. The summed E-state index contributed by atoms with van der Waals surface area (Å²) >= 11 is 0. The predicted octanol–water partition coefficient (Wildman–Crippen LogP) is 0.677. The Bertz CT molecular complexity index is 143. The fraction of sp³-hybridized carbons (Fsp3) is 0.750. The van der Waals surface area contributed by atoms with Crippen molar-refractivity contribution < 1.29 is 24.2 Å². The van der Waals surface area contributed by atoms with Crippen LogP contribution >= 0.6 is 0 Å². The van der Waals surface area contributed by atoms with Gasteiger partial charge >= 0.3 is 11.9 Å². The molecule has 0 saturated carbocycles. The molecule has 0 aromatic heterocycles. The summed E-state index contributed by atoms with van der Waals surface area (Å²) < 4.78 is 8.87. The highest BCUT2D eigenvalue weighted by molar-refractivity contribution is 5.66. The average molecular weight is 192 g/mol. The Hall–Kier alpha value is -1.10. The number of carboxylic acids is 1. The molecule has 0 aliphatic heterocycles. The van der Waals surface area contributed by atoms with Gasteiger partial charge in [0.1, 0.15) is 0 Å². The summed E-state index contributed by atoms with van der Waals surface area (Å²) in [6.07, 6.45) is 0.105. The third kappa shape index (κ3) is 24.8. The number of esters is 1. The topological polar surface area (TPSA) is 72.8 Å². The van der Waals surface area contributed by atoms with Crippen molar-refractivity contribution in [1.29, 1.82) is 0 Å². The molecule has 0 amide bonds. The Kier molecular flexibility index (Phi) is 12.1. The molecule has 1 N–H and O–H groups in total. The lowest BCUT2D eigenvalue weighted by atomic mass is 10.5. The minimum Gasteiger partial charge on any atom is -0.481 e. The van der Waals surface area contributed by atoms with Crippen LogP contribution in [0, 0.1) is 0 Å². The van der Waals surface area contributed by atoms with Crippen molar-refractivity contribution in [3.63, 3.8) is 0 Å². The number of methoxy groups -OCH3 is 1. The van der Waals surface area contributed by atoms with Gasteiger partial charge < -0.3 is 14.6 Å². The number of carbonyl (C=O) groups is 2. The number of aliphatic carboxylic acids is 1. The largest absolute Gasteiger partial charge is 0.481 e. The highest BCUT2D eigenvalue weighted by Crippen LogP contribution is 1.80. The van der Waals surface area contributed by atoms with Gasteiger partial charge in [-0.3, -0.25) is 9.59 Å². The minimum atomic E-state index is -0.807. The average Bonchev–Trinajstić information content (AvgIpc) is 2.05. The first-order valence-corrected chi connectivity index (χ1v) is 3.88. The zero-order valence-electron chi connectivity index (χ0n) is 8.20. The molecule has 0 atom stereocenters. The van der Waals surface area contributed by atoms with E-state index in [4.69, 9.17) is 9.84 Å². The maximum absolute atomic E-state index is 9.79. The molecular weight excluding hydrogens is 176 g/mol. The van der Waals surface area contributed by atoms with E-state index in [9.17, 15) is 9.59 Å². The zero-order valence-corrected chi connectivity index (χ0v) is 8.20. The molecule has 0 unspecified atom stereocenters. The van der Waals surface area contributed by atoms with Crippen molar-refractivity contribution in [3.8, 4) is 0 Å². The van der Waals surface area contributed by atoms with Crippen LogP contribution < -0.4 is 0 Å². The highest BCUT2D eigenvalue weighted by atomic mass is 16.5. The van der Waals surface area contributed by atoms with Crippen LogP contribution in [0.25, 0.3) is 0 Å². The standard InChI is InChI=1S/C5H10O3.C3H6O2/c1-2-8-4-3-5(6)7;1-3(4)5-2/h2-4H2,1H3,(H,6,7);1-2H3. The third-order valence-corrected chi connectivity index (χ3v) is 0.952. The van der Waals surface area contributed by atoms with Crippen molar-refractivity contribution in [2.24, 2.45) is 0 Å². The first-order valence-electron chi connectivity index (χ1n) is 3.88. The molecular formula is C8H16O5.